The summed E-state index contributed by atoms with van der Waals surface area (Å²) in [4.78, 5) is 32.8. The maximum atomic E-state index is 13.4. The zero-order chi connectivity index (χ0) is 21.3. The van der Waals surface area contributed by atoms with Gasteiger partial charge >= 0.3 is 0 Å². The van der Waals surface area contributed by atoms with Crippen LogP contribution in [0.15, 0.2) is 46.3 Å². The molecule has 1 saturated heterocycles. The maximum Gasteiger partial charge on any atom is 0.266 e. The van der Waals surface area contributed by atoms with Crippen molar-refractivity contribution in [1.29, 1.82) is 0 Å². The molecule has 1 fully saturated rings. The number of piperidine rings is 1. The van der Waals surface area contributed by atoms with Crippen molar-refractivity contribution >= 4 is 40.2 Å². The van der Waals surface area contributed by atoms with E-state index in [2.05, 4.69) is 0 Å². The highest BCUT2D eigenvalue weighted by atomic mass is 35.5. The minimum atomic E-state index is -0.154. The van der Waals surface area contributed by atoms with Crippen LogP contribution in [0, 0.1) is 13.8 Å². The standard InChI is InChI=1S/C23H24ClN3O2S/c1-15-7-6-8-20(16(15)2)27-22(29)18-10-9-17(24)13-19(18)25-23(27)30-14-21(28)26-11-4-3-5-12-26/h6-10,13H,3-5,11-12,14H2,1-2H3. The van der Waals surface area contributed by atoms with Crippen LogP contribution in [0.4, 0.5) is 0 Å². The van der Waals surface area contributed by atoms with E-state index in [4.69, 9.17) is 16.6 Å². The molecule has 2 heterocycles. The Labute approximate surface area is 185 Å². The average Bonchev–Trinajstić information content (AvgIpc) is 2.75. The zero-order valence-corrected chi connectivity index (χ0v) is 18.7. The van der Waals surface area contributed by atoms with Crippen molar-refractivity contribution in [1.82, 2.24) is 14.5 Å². The quantitative estimate of drug-likeness (QED) is 0.432. The van der Waals surface area contributed by atoms with E-state index in [1.165, 1.54) is 18.2 Å². The molecule has 7 heteroatoms. The number of fused-ring (bicyclic) bond motifs is 1. The number of aromatic nitrogens is 2. The lowest BCUT2D eigenvalue weighted by atomic mass is 10.1. The summed E-state index contributed by atoms with van der Waals surface area (Å²) in [5, 5.41) is 1.54. The molecule has 0 radical (unpaired) electrons. The third-order valence-corrected chi connectivity index (χ3v) is 6.81. The van der Waals surface area contributed by atoms with Crippen molar-refractivity contribution in [2.24, 2.45) is 0 Å². The Morgan fingerprint density at radius 2 is 1.90 bits per heavy atom. The minimum absolute atomic E-state index is 0.0904. The number of nitrogens with zero attached hydrogens (tertiary/aromatic N) is 3. The van der Waals surface area contributed by atoms with Crippen molar-refractivity contribution in [2.75, 3.05) is 18.8 Å². The van der Waals surface area contributed by atoms with Crippen LogP contribution in [0.25, 0.3) is 16.6 Å². The molecule has 0 N–H and O–H groups in total. The maximum absolute atomic E-state index is 13.4. The van der Waals surface area contributed by atoms with Crippen LogP contribution in [0.2, 0.25) is 5.02 Å². The summed E-state index contributed by atoms with van der Waals surface area (Å²) in [6.45, 7) is 5.63. The Balaban J connectivity index is 1.79. The van der Waals surface area contributed by atoms with Gasteiger partial charge in [-0.25, -0.2) is 4.98 Å². The fourth-order valence-electron chi connectivity index (χ4n) is 3.79. The Bertz CT molecular complexity index is 1170. The number of aryl methyl sites for hydroxylation is 1. The van der Waals surface area contributed by atoms with E-state index in [1.807, 2.05) is 36.9 Å². The van der Waals surface area contributed by atoms with E-state index in [9.17, 15) is 9.59 Å². The van der Waals surface area contributed by atoms with Gasteiger partial charge in [-0.3, -0.25) is 14.2 Å². The summed E-state index contributed by atoms with van der Waals surface area (Å²) >= 11 is 7.45. The van der Waals surface area contributed by atoms with Crippen molar-refractivity contribution in [3.05, 3.63) is 62.9 Å². The number of halogens is 1. The Morgan fingerprint density at radius 3 is 2.67 bits per heavy atom. The topological polar surface area (TPSA) is 55.2 Å². The highest BCUT2D eigenvalue weighted by Gasteiger charge is 2.20. The smallest absolute Gasteiger partial charge is 0.266 e. The molecule has 2 aromatic carbocycles. The molecule has 3 aromatic rings. The summed E-state index contributed by atoms with van der Waals surface area (Å²) in [5.74, 6) is 0.344. The Morgan fingerprint density at radius 1 is 1.13 bits per heavy atom. The van der Waals surface area contributed by atoms with Gasteiger partial charge in [0.15, 0.2) is 5.16 Å². The van der Waals surface area contributed by atoms with E-state index in [-0.39, 0.29) is 17.2 Å². The first kappa shape index (κ1) is 20.9. The molecule has 0 bridgehead atoms. The predicted molar refractivity (Wildman–Crippen MR) is 123 cm³/mol. The van der Waals surface area contributed by atoms with Gasteiger partial charge < -0.3 is 4.90 Å². The summed E-state index contributed by atoms with van der Waals surface area (Å²) in [5.41, 5.74) is 3.28. The van der Waals surface area contributed by atoms with Crippen molar-refractivity contribution in [2.45, 2.75) is 38.3 Å². The molecule has 5 nitrogen and oxygen atoms in total. The van der Waals surface area contributed by atoms with Gasteiger partial charge in [0.2, 0.25) is 5.91 Å². The van der Waals surface area contributed by atoms with E-state index < -0.39 is 0 Å². The first-order valence-electron chi connectivity index (χ1n) is 10.1. The highest BCUT2D eigenvalue weighted by Crippen LogP contribution is 2.26. The number of carbonyl (C=O) groups is 1. The molecular formula is C23H24ClN3O2S. The molecule has 1 aromatic heterocycles. The second-order valence-corrected chi connectivity index (χ2v) is 9.02. The second-order valence-electron chi connectivity index (χ2n) is 7.65. The normalized spacial score (nSPS) is 14.3. The molecule has 1 aliphatic heterocycles. The van der Waals surface area contributed by atoms with Crippen LogP contribution in [-0.4, -0.2) is 39.2 Å². The lowest BCUT2D eigenvalue weighted by molar-refractivity contribution is -0.129. The third kappa shape index (κ3) is 4.12. The predicted octanol–water partition coefficient (Wildman–Crippen LogP) is 4.76. The largest absolute Gasteiger partial charge is 0.342 e. The first-order chi connectivity index (χ1) is 14.5. The molecule has 1 aliphatic rings. The van der Waals surface area contributed by atoms with Gasteiger partial charge in [-0.15, -0.1) is 0 Å². The van der Waals surface area contributed by atoms with Crippen LogP contribution >= 0.6 is 23.4 Å². The van der Waals surface area contributed by atoms with E-state index in [1.54, 1.807) is 22.8 Å². The first-order valence-corrected chi connectivity index (χ1v) is 11.5. The number of rotatable bonds is 4. The van der Waals surface area contributed by atoms with E-state index in [0.717, 1.165) is 42.7 Å². The SMILES string of the molecule is Cc1cccc(-n2c(SCC(=O)N3CCCCC3)nc3cc(Cl)ccc3c2=O)c1C. The lowest BCUT2D eigenvalue weighted by Gasteiger charge is -2.26. The molecule has 4 rings (SSSR count). The molecule has 0 aliphatic carbocycles. The molecule has 30 heavy (non-hydrogen) atoms. The van der Waals surface area contributed by atoms with Crippen molar-refractivity contribution in [3.8, 4) is 5.69 Å². The number of benzene rings is 2. The van der Waals surface area contributed by atoms with Crippen LogP contribution < -0.4 is 5.56 Å². The van der Waals surface area contributed by atoms with Gasteiger partial charge in [-0.05, 0) is 68.5 Å². The molecule has 0 spiro atoms. The molecule has 0 atom stereocenters. The fraction of sp³-hybridized carbons (Fsp3) is 0.348. The number of likely N-dealkylation sites (tertiary alicyclic amines) is 1. The van der Waals surface area contributed by atoms with Gasteiger partial charge in [0.05, 0.1) is 22.3 Å². The highest BCUT2D eigenvalue weighted by molar-refractivity contribution is 7.99. The number of amides is 1. The van der Waals surface area contributed by atoms with Gasteiger partial charge in [-0.2, -0.15) is 0 Å². The van der Waals surface area contributed by atoms with Gasteiger partial charge in [0.25, 0.3) is 5.56 Å². The summed E-state index contributed by atoms with van der Waals surface area (Å²) in [7, 11) is 0. The summed E-state index contributed by atoms with van der Waals surface area (Å²) in [6.07, 6.45) is 3.28. The summed E-state index contributed by atoms with van der Waals surface area (Å²) in [6, 6.07) is 11.0. The van der Waals surface area contributed by atoms with Crippen LogP contribution in [-0.2, 0) is 4.79 Å². The van der Waals surface area contributed by atoms with E-state index in [0.29, 0.717) is 21.1 Å². The molecule has 156 valence electrons. The Kier molecular flexibility index (Phi) is 6.16. The number of carbonyl (C=O) groups excluding carboxylic acids is 1. The molecular weight excluding hydrogens is 418 g/mol. The average molecular weight is 442 g/mol. The lowest BCUT2D eigenvalue weighted by Crippen LogP contribution is -2.36. The third-order valence-electron chi connectivity index (χ3n) is 5.65. The number of thioether (sulfide) groups is 1. The van der Waals surface area contributed by atoms with Crippen LogP contribution in [0.3, 0.4) is 0 Å². The number of hydrogen-bond acceptors (Lipinski definition) is 4. The zero-order valence-electron chi connectivity index (χ0n) is 17.2. The number of hydrogen-bond donors (Lipinski definition) is 0. The van der Waals surface area contributed by atoms with Crippen LogP contribution in [0.1, 0.15) is 30.4 Å². The molecule has 1 amide bonds. The minimum Gasteiger partial charge on any atom is -0.342 e. The second kappa shape index (κ2) is 8.82. The monoisotopic (exact) mass is 441 g/mol. The molecule has 0 unspecified atom stereocenters. The van der Waals surface area contributed by atoms with Gasteiger partial charge in [-0.1, -0.05) is 35.5 Å². The van der Waals surface area contributed by atoms with Crippen molar-refractivity contribution < 1.29 is 4.79 Å². The summed E-state index contributed by atoms with van der Waals surface area (Å²) < 4.78 is 1.63. The van der Waals surface area contributed by atoms with Gasteiger partial charge in [0, 0.05) is 18.1 Å². The fourth-order valence-corrected chi connectivity index (χ4v) is 4.86. The van der Waals surface area contributed by atoms with Crippen LogP contribution in [0.5, 0.6) is 0 Å². The van der Waals surface area contributed by atoms with Crippen molar-refractivity contribution in [3.63, 3.8) is 0 Å². The van der Waals surface area contributed by atoms with E-state index >= 15 is 0 Å². The Hall–Kier alpha value is -2.31. The molecule has 0 saturated carbocycles. The van der Waals surface area contributed by atoms with Gasteiger partial charge in [0.1, 0.15) is 0 Å².